The molecule has 0 spiro atoms. The molecule has 3 rings (SSSR count). The lowest BCUT2D eigenvalue weighted by molar-refractivity contribution is -0.299. The first-order chi connectivity index (χ1) is 15.0. The van der Waals surface area contributed by atoms with E-state index < -0.39 is 11.7 Å². The third-order valence-electron chi connectivity index (χ3n) is 4.34. The molecule has 0 aliphatic carbocycles. The molecule has 0 radical (unpaired) electrons. The molecule has 4 N–H and O–H groups in total. The van der Waals surface area contributed by atoms with Crippen LogP contribution in [0.5, 0.6) is 11.5 Å². The minimum atomic E-state index is -1.59. The van der Waals surface area contributed by atoms with Crippen LogP contribution >= 0.6 is 0 Å². The molecule has 3 aromatic rings. The molecule has 160 valence electrons. The maximum Gasteiger partial charge on any atom is 0.190 e. The van der Waals surface area contributed by atoms with Gasteiger partial charge in [0.25, 0.3) is 0 Å². The number of nitrogens with zero attached hydrogens (tertiary/aromatic N) is 1. The number of carboxylic acid groups (broad SMARTS) is 1. The van der Waals surface area contributed by atoms with Crippen molar-refractivity contribution in [3.05, 3.63) is 95.2 Å². The Kier molecular flexibility index (Phi) is 7.10. The van der Waals surface area contributed by atoms with E-state index in [-0.39, 0.29) is 41.2 Å². The van der Waals surface area contributed by atoms with Gasteiger partial charge < -0.3 is 25.1 Å². The van der Waals surface area contributed by atoms with Crippen LogP contribution in [0.15, 0.2) is 78.5 Å². The summed E-state index contributed by atoms with van der Waals surface area (Å²) in [6, 6.07) is 21.6. The number of nitrogens with two attached hydrogens (primary N) is 1. The number of rotatable bonds is 9. The highest BCUT2D eigenvalue weighted by atomic mass is 16.8. The number of carbonyl (C=O) groups excluding carboxylic acids is 1. The Labute approximate surface area is 178 Å². The smallest absolute Gasteiger partial charge is 0.190 e. The molecule has 0 aliphatic rings. The van der Waals surface area contributed by atoms with E-state index in [0.717, 1.165) is 17.2 Å². The minimum absolute atomic E-state index is 0.00434. The number of hydrogen-bond acceptors (Lipinski definition) is 8. The second-order valence-electron chi connectivity index (χ2n) is 6.56. The number of hydrogen-bond donors (Lipinski definition) is 3. The summed E-state index contributed by atoms with van der Waals surface area (Å²) in [5, 5.41) is 30.6. The summed E-state index contributed by atoms with van der Waals surface area (Å²) in [6.07, 6.45) is 1.04. The molecular formula is C23H21N2O6-. The maximum atomic E-state index is 11.0. The molecule has 8 heteroatoms. The molecule has 0 fully saturated rings. The predicted molar refractivity (Wildman–Crippen MR) is 111 cm³/mol. The van der Waals surface area contributed by atoms with Crippen molar-refractivity contribution in [2.24, 2.45) is 5.73 Å². The summed E-state index contributed by atoms with van der Waals surface area (Å²) in [6.45, 7) is 0.307. The first-order valence-corrected chi connectivity index (χ1v) is 9.32. The fraction of sp³-hybridized carbons (Fsp3) is 0.0870. The Morgan fingerprint density at radius 2 is 1.45 bits per heavy atom. The number of carbonyl (C=O) groups is 1. The van der Waals surface area contributed by atoms with Crippen LogP contribution in [0, 0.1) is 0 Å². The van der Waals surface area contributed by atoms with Crippen molar-refractivity contribution in [1.29, 1.82) is 0 Å². The molecule has 0 amide bonds. The zero-order valence-corrected chi connectivity index (χ0v) is 16.5. The van der Waals surface area contributed by atoms with E-state index in [1.807, 2.05) is 60.7 Å². The monoisotopic (exact) mass is 421 g/mol. The number of benzene rings is 3. The quantitative estimate of drug-likeness (QED) is 0.355. The van der Waals surface area contributed by atoms with Gasteiger partial charge in [-0.15, -0.1) is 5.23 Å². The van der Waals surface area contributed by atoms with Gasteiger partial charge in [0.15, 0.2) is 11.5 Å². The Morgan fingerprint density at radius 3 is 1.97 bits per heavy atom. The van der Waals surface area contributed by atoms with E-state index in [1.165, 1.54) is 12.1 Å². The fourth-order valence-electron chi connectivity index (χ4n) is 2.84. The molecule has 0 saturated carbocycles. The molecule has 0 aromatic heterocycles. The van der Waals surface area contributed by atoms with Crippen LogP contribution in [0.3, 0.4) is 0 Å². The molecule has 31 heavy (non-hydrogen) atoms. The summed E-state index contributed by atoms with van der Waals surface area (Å²) >= 11 is 0. The largest absolute Gasteiger partial charge is 0.543 e. The van der Waals surface area contributed by atoms with E-state index in [1.54, 1.807) is 0 Å². The standard InChI is InChI=1S/C23H22N2O6/c24-19(23(26)27)13-18-11-12-20(30-14-16-7-3-1-4-8-16)22(21(18)25(28)29)31-15-17-9-5-2-6-10-17/h1-13,28-29H,14-15,24H2,(H,26,27)/p-1/b19-13-. The van der Waals surface area contributed by atoms with Crippen molar-refractivity contribution in [2.45, 2.75) is 13.2 Å². The Balaban J connectivity index is 2.00. The van der Waals surface area contributed by atoms with Gasteiger partial charge in [0.05, 0.1) is 11.7 Å². The lowest BCUT2D eigenvalue weighted by atomic mass is 10.1. The highest BCUT2D eigenvalue weighted by Crippen LogP contribution is 2.41. The van der Waals surface area contributed by atoms with E-state index in [0.29, 0.717) is 0 Å². The van der Waals surface area contributed by atoms with Gasteiger partial charge in [-0.3, -0.25) is 10.4 Å². The summed E-state index contributed by atoms with van der Waals surface area (Å²) in [5.74, 6) is -1.36. The molecule has 8 nitrogen and oxygen atoms in total. The zero-order valence-electron chi connectivity index (χ0n) is 16.5. The van der Waals surface area contributed by atoms with Crippen LogP contribution in [0.4, 0.5) is 5.69 Å². The molecule has 0 atom stereocenters. The Morgan fingerprint density at radius 1 is 0.903 bits per heavy atom. The van der Waals surface area contributed by atoms with E-state index >= 15 is 0 Å². The molecule has 0 heterocycles. The van der Waals surface area contributed by atoms with Crippen LogP contribution in [-0.4, -0.2) is 16.4 Å². The van der Waals surface area contributed by atoms with E-state index in [9.17, 15) is 20.3 Å². The number of carboxylic acids is 1. The molecular weight excluding hydrogens is 400 g/mol. The molecule has 3 aromatic carbocycles. The summed E-state index contributed by atoms with van der Waals surface area (Å²) < 4.78 is 11.7. The SMILES string of the molecule is N/C(=C\c1ccc(OCc2ccccc2)c(OCc2ccccc2)c1N(O)O)C(=O)[O-]. The fourth-order valence-corrected chi connectivity index (χ4v) is 2.84. The van der Waals surface area contributed by atoms with Gasteiger partial charge in [0.1, 0.15) is 18.9 Å². The van der Waals surface area contributed by atoms with Crippen molar-refractivity contribution >= 4 is 17.7 Å². The normalized spacial score (nSPS) is 11.1. The van der Waals surface area contributed by atoms with Crippen LogP contribution in [0.1, 0.15) is 16.7 Å². The first-order valence-electron chi connectivity index (χ1n) is 9.32. The van der Waals surface area contributed by atoms with E-state index in [2.05, 4.69) is 0 Å². The second kappa shape index (κ2) is 10.1. The van der Waals surface area contributed by atoms with Crippen LogP contribution in [0.25, 0.3) is 6.08 Å². The van der Waals surface area contributed by atoms with Gasteiger partial charge >= 0.3 is 0 Å². The van der Waals surface area contributed by atoms with Gasteiger partial charge in [-0.2, -0.15) is 0 Å². The zero-order chi connectivity index (χ0) is 22.2. The van der Waals surface area contributed by atoms with Crippen molar-refractivity contribution in [1.82, 2.24) is 0 Å². The average Bonchev–Trinajstić information content (AvgIpc) is 2.77. The van der Waals surface area contributed by atoms with Crippen LogP contribution in [0.2, 0.25) is 0 Å². The Hall–Kier alpha value is -4.01. The van der Waals surface area contributed by atoms with Crippen molar-refractivity contribution < 1.29 is 29.8 Å². The van der Waals surface area contributed by atoms with E-state index in [4.69, 9.17) is 15.2 Å². The van der Waals surface area contributed by atoms with Crippen LogP contribution < -0.4 is 25.5 Å². The van der Waals surface area contributed by atoms with Crippen molar-refractivity contribution in [3.8, 4) is 11.5 Å². The molecule has 0 unspecified atom stereocenters. The van der Waals surface area contributed by atoms with Crippen molar-refractivity contribution in [3.63, 3.8) is 0 Å². The lowest BCUT2D eigenvalue weighted by Crippen LogP contribution is -2.28. The molecule has 0 bridgehead atoms. The second-order valence-corrected chi connectivity index (χ2v) is 6.56. The van der Waals surface area contributed by atoms with Gasteiger partial charge in [-0.25, -0.2) is 0 Å². The Bertz CT molecular complexity index is 1050. The average molecular weight is 421 g/mol. The van der Waals surface area contributed by atoms with Gasteiger partial charge in [-0.1, -0.05) is 60.7 Å². The van der Waals surface area contributed by atoms with Gasteiger partial charge in [0.2, 0.25) is 0 Å². The minimum Gasteiger partial charge on any atom is -0.543 e. The highest BCUT2D eigenvalue weighted by Gasteiger charge is 2.20. The van der Waals surface area contributed by atoms with Crippen LogP contribution in [-0.2, 0) is 18.0 Å². The van der Waals surface area contributed by atoms with Gasteiger partial charge in [0, 0.05) is 5.56 Å². The summed E-state index contributed by atoms with van der Waals surface area (Å²) in [7, 11) is 0. The third-order valence-corrected chi connectivity index (χ3v) is 4.34. The third kappa shape index (κ3) is 5.75. The molecule has 0 aliphatic heterocycles. The number of aliphatic carboxylic acids is 1. The summed E-state index contributed by atoms with van der Waals surface area (Å²) in [4.78, 5) is 11.0. The first kappa shape index (κ1) is 21.7. The lowest BCUT2D eigenvalue weighted by Gasteiger charge is -2.21. The highest BCUT2D eigenvalue weighted by molar-refractivity contribution is 5.91. The van der Waals surface area contributed by atoms with Crippen molar-refractivity contribution in [2.75, 3.05) is 5.23 Å². The predicted octanol–water partition coefficient (Wildman–Crippen LogP) is 2.48. The molecule has 0 saturated heterocycles. The maximum absolute atomic E-state index is 11.0. The summed E-state index contributed by atoms with van der Waals surface area (Å²) in [5.41, 5.74) is 6.45. The van der Waals surface area contributed by atoms with Gasteiger partial charge in [-0.05, 0) is 29.3 Å². The number of anilines is 1. The topological polar surface area (TPSA) is 128 Å². The number of ether oxygens (including phenoxy) is 2.